The quantitative estimate of drug-likeness (QED) is 0.863. The number of aromatic amines is 1. The first-order valence-corrected chi connectivity index (χ1v) is 9.15. The highest BCUT2D eigenvalue weighted by molar-refractivity contribution is 5.95. The van der Waals surface area contributed by atoms with Gasteiger partial charge in [-0.3, -0.25) is 4.79 Å². The zero-order valence-corrected chi connectivity index (χ0v) is 15.6. The number of aromatic nitrogens is 1. The molecule has 138 valence electrons. The topological polar surface area (TPSA) is 74.4 Å². The lowest BCUT2D eigenvalue weighted by Crippen LogP contribution is -2.40. The normalized spacial score (nSPS) is 26.2. The lowest BCUT2D eigenvalue weighted by Gasteiger charge is -2.31. The van der Waals surface area contributed by atoms with Gasteiger partial charge < -0.3 is 19.9 Å². The summed E-state index contributed by atoms with van der Waals surface area (Å²) in [4.78, 5) is 29.5. The van der Waals surface area contributed by atoms with Crippen LogP contribution in [-0.4, -0.2) is 46.6 Å². The lowest BCUT2D eigenvalue weighted by atomic mass is 9.79. The second-order valence-corrected chi connectivity index (χ2v) is 8.44. The van der Waals surface area contributed by atoms with E-state index in [0.29, 0.717) is 17.4 Å². The maximum absolute atomic E-state index is 12.4. The van der Waals surface area contributed by atoms with Crippen molar-refractivity contribution < 1.29 is 14.3 Å². The highest BCUT2D eigenvalue weighted by Gasteiger charge is 2.41. The van der Waals surface area contributed by atoms with E-state index in [1.165, 1.54) is 0 Å². The summed E-state index contributed by atoms with van der Waals surface area (Å²) >= 11 is 0. The molecule has 2 aliphatic rings. The van der Waals surface area contributed by atoms with Gasteiger partial charge in [0.05, 0.1) is 5.56 Å². The van der Waals surface area contributed by atoms with Crippen LogP contribution < -0.4 is 5.32 Å². The Morgan fingerprint density at radius 2 is 1.92 bits per heavy atom. The Bertz CT molecular complexity index is 647. The molecule has 1 aromatic heterocycles. The van der Waals surface area contributed by atoms with Crippen molar-refractivity contribution in [3.05, 3.63) is 23.5 Å². The minimum absolute atomic E-state index is 0.0100. The van der Waals surface area contributed by atoms with Crippen LogP contribution in [-0.2, 0) is 4.74 Å². The molecule has 25 heavy (non-hydrogen) atoms. The molecule has 6 heteroatoms. The summed E-state index contributed by atoms with van der Waals surface area (Å²) in [5.41, 5.74) is 1.21. The Morgan fingerprint density at radius 1 is 1.20 bits per heavy atom. The van der Waals surface area contributed by atoms with Crippen LogP contribution in [0, 0.1) is 18.8 Å². The van der Waals surface area contributed by atoms with Crippen molar-refractivity contribution >= 4 is 12.0 Å². The molecular weight excluding hydrogens is 318 g/mol. The van der Waals surface area contributed by atoms with Crippen molar-refractivity contribution in [2.45, 2.75) is 58.6 Å². The molecule has 6 nitrogen and oxygen atoms in total. The van der Waals surface area contributed by atoms with Crippen molar-refractivity contribution in [1.29, 1.82) is 0 Å². The molecule has 0 radical (unpaired) electrons. The van der Waals surface area contributed by atoms with Crippen LogP contribution in [0.25, 0.3) is 0 Å². The summed E-state index contributed by atoms with van der Waals surface area (Å²) in [6.45, 7) is 9.11. The minimum atomic E-state index is -0.463. The summed E-state index contributed by atoms with van der Waals surface area (Å²) in [6, 6.07) is 0.182. The van der Waals surface area contributed by atoms with Gasteiger partial charge in [-0.05, 0) is 64.4 Å². The van der Waals surface area contributed by atoms with E-state index < -0.39 is 5.60 Å². The minimum Gasteiger partial charge on any atom is -0.444 e. The van der Waals surface area contributed by atoms with Gasteiger partial charge in [0.15, 0.2) is 0 Å². The highest BCUT2D eigenvalue weighted by atomic mass is 16.6. The number of amides is 2. The molecule has 3 atom stereocenters. The number of aryl methyl sites for hydroxylation is 1. The zero-order valence-electron chi connectivity index (χ0n) is 15.6. The monoisotopic (exact) mass is 347 g/mol. The average Bonchev–Trinajstić information content (AvgIpc) is 3.11. The van der Waals surface area contributed by atoms with Crippen LogP contribution in [0.4, 0.5) is 4.79 Å². The highest BCUT2D eigenvalue weighted by Crippen LogP contribution is 2.37. The fourth-order valence-corrected chi connectivity index (χ4v) is 3.99. The average molecular weight is 347 g/mol. The summed E-state index contributed by atoms with van der Waals surface area (Å²) in [5.74, 6) is 0.956. The van der Waals surface area contributed by atoms with Gasteiger partial charge in [-0.1, -0.05) is 0 Å². The molecule has 1 aliphatic carbocycles. The first kappa shape index (κ1) is 17.8. The summed E-state index contributed by atoms with van der Waals surface area (Å²) in [5, 5.41) is 3.16. The number of nitrogens with one attached hydrogen (secondary N) is 2. The van der Waals surface area contributed by atoms with E-state index in [9.17, 15) is 9.59 Å². The Hall–Kier alpha value is -1.98. The Morgan fingerprint density at radius 3 is 2.56 bits per heavy atom. The van der Waals surface area contributed by atoms with Crippen LogP contribution in [0.5, 0.6) is 0 Å². The SMILES string of the molecule is Cc1c[nH]cc1C(=O)N[C@@H]1CC[C@H]2CN(C(=O)OC(C)(C)C)C[C@H]2C1. The van der Waals surface area contributed by atoms with E-state index >= 15 is 0 Å². The van der Waals surface area contributed by atoms with Gasteiger partial charge >= 0.3 is 6.09 Å². The standard InChI is InChI=1S/C19H29N3O3/c1-12-8-20-9-16(12)17(23)21-15-6-5-13-10-22(11-14(13)7-15)18(24)25-19(2,3)4/h8-9,13-15,20H,5-7,10-11H2,1-4H3,(H,21,23)/t13-,14+,15+/m0/s1. The van der Waals surface area contributed by atoms with E-state index in [1.807, 2.05) is 38.8 Å². The van der Waals surface area contributed by atoms with E-state index in [4.69, 9.17) is 4.74 Å². The van der Waals surface area contributed by atoms with Gasteiger partial charge in [-0.25, -0.2) is 4.79 Å². The number of hydrogen-bond donors (Lipinski definition) is 2. The summed E-state index contributed by atoms with van der Waals surface area (Å²) in [7, 11) is 0. The number of H-pyrrole nitrogens is 1. The molecule has 0 aromatic carbocycles. The summed E-state index contributed by atoms with van der Waals surface area (Å²) < 4.78 is 5.50. The number of carbonyl (C=O) groups is 2. The third-order valence-corrected chi connectivity index (χ3v) is 5.23. The Labute approximate surface area is 149 Å². The van der Waals surface area contributed by atoms with Gasteiger partial charge in [-0.15, -0.1) is 0 Å². The predicted octanol–water partition coefficient (Wildman–Crippen LogP) is 3.09. The Kier molecular flexibility index (Phi) is 4.80. The van der Waals surface area contributed by atoms with Crippen molar-refractivity contribution in [3.63, 3.8) is 0 Å². The summed E-state index contributed by atoms with van der Waals surface area (Å²) in [6.07, 6.45) is 6.31. The molecule has 1 saturated carbocycles. The maximum atomic E-state index is 12.4. The maximum Gasteiger partial charge on any atom is 0.410 e. The number of likely N-dealkylation sites (tertiary alicyclic amines) is 1. The van der Waals surface area contributed by atoms with Crippen LogP contribution >= 0.6 is 0 Å². The van der Waals surface area contributed by atoms with E-state index in [0.717, 1.165) is 37.9 Å². The molecule has 0 bridgehead atoms. The fraction of sp³-hybridized carbons (Fsp3) is 0.684. The smallest absolute Gasteiger partial charge is 0.410 e. The van der Waals surface area contributed by atoms with Crippen LogP contribution in [0.15, 0.2) is 12.4 Å². The number of hydrogen-bond acceptors (Lipinski definition) is 3. The van der Waals surface area contributed by atoms with E-state index in [2.05, 4.69) is 10.3 Å². The molecule has 3 rings (SSSR count). The second kappa shape index (κ2) is 6.73. The van der Waals surface area contributed by atoms with E-state index in [-0.39, 0.29) is 18.0 Å². The molecule has 2 fully saturated rings. The molecular formula is C19H29N3O3. The van der Waals surface area contributed by atoms with Crippen LogP contribution in [0.3, 0.4) is 0 Å². The number of ether oxygens (including phenoxy) is 1. The van der Waals surface area contributed by atoms with Crippen molar-refractivity contribution in [2.75, 3.05) is 13.1 Å². The van der Waals surface area contributed by atoms with Crippen molar-refractivity contribution in [3.8, 4) is 0 Å². The second-order valence-electron chi connectivity index (χ2n) is 8.44. The third-order valence-electron chi connectivity index (χ3n) is 5.23. The van der Waals surface area contributed by atoms with Gasteiger partial charge in [-0.2, -0.15) is 0 Å². The van der Waals surface area contributed by atoms with Gasteiger partial charge in [0.1, 0.15) is 5.60 Å². The third kappa shape index (κ3) is 4.17. The van der Waals surface area contributed by atoms with Gasteiger partial charge in [0.2, 0.25) is 0 Å². The van der Waals surface area contributed by atoms with Crippen molar-refractivity contribution in [1.82, 2.24) is 15.2 Å². The van der Waals surface area contributed by atoms with Crippen LogP contribution in [0.2, 0.25) is 0 Å². The molecule has 1 saturated heterocycles. The van der Waals surface area contributed by atoms with Crippen LogP contribution in [0.1, 0.15) is 56.0 Å². The van der Waals surface area contributed by atoms with Crippen molar-refractivity contribution in [2.24, 2.45) is 11.8 Å². The number of fused-ring (bicyclic) bond motifs is 1. The zero-order chi connectivity index (χ0) is 18.2. The largest absolute Gasteiger partial charge is 0.444 e. The first-order valence-electron chi connectivity index (χ1n) is 9.15. The number of carbonyl (C=O) groups excluding carboxylic acids is 2. The van der Waals surface area contributed by atoms with Gasteiger partial charge in [0, 0.05) is 31.5 Å². The molecule has 0 spiro atoms. The molecule has 1 aromatic rings. The lowest BCUT2D eigenvalue weighted by molar-refractivity contribution is 0.0284. The molecule has 1 aliphatic heterocycles. The number of rotatable bonds is 2. The van der Waals surface area contributed by atoms with Gasteiger partial charge in [0.25, 0.3) is 5.91 Å². The number of nitrogens with zero attached hydrogens (tertiary/aromatic N) is 1. The fourth-order valence-electron chi connectivity index (χ4n) is 3.99. The molecule has 2 heterocycles. The predicted molar refractivity (Wildman–Crippen MR) is 95.4 cm³/mol. The van der Waals surface area contributed by atoms with E-state index in [1.54, 1.807) is 6.20 Å². The molecule has 2 amide bonds. The Balaban J connectivity index is 1.54. The molecule has 2 N–H and O–H groups in total. The molecule has 0 unspecified atom stereocenters. The first-order chi connectivity index (χ1) is 11.7.